The minimum absolute atomic E-state index is 0.000333. The molecule has 1 heterocycles. The van der Waals surface area contributed by atoms with Crippen molar-refractivity contribution in [1.82, 2.24) is 4.98 Å². The fourth-order valence-corrected chi connectivity index (χ4v) is 1.41. The molecule has 0 spiro atoms. The van der Waals surface area contributed by atoms with Gasteiger partial charge in [-0.25, -0.2) is 0 Å². The van der Waals surface area contributed by atoms with Crippen LogP contribution in [0.4, 0.5) is 13.2 Å². The van der Waals surface area contributed by atoms with Crippen LogP contribution < -0.4 is 4.18 Å². The lowest BCUT2D eigenvalue weighted by atomic mass is 10.1. The average Bonchev–Trinajstić information content (AvgIpc) is 2.15. The van der Waals surface area contributed by atoms with Crippen LogP contribution >= 0.6 is 0 Å². The van der Waals surface area contributed by atoms with Gasteiger partial charge in [-0.15, -0.1) is 0 Å². The van der Waals surface area contributed by atoms with Gasteiger partial charge in [-0.1, -0.05) is 13.8 Å². The molecule has 0 aromatic carbocycles. The Morgan fingerprint density at radius 3 is 2.35 bits per heavy atom. The van der Waals surface area contributed by atoms with Crippen molar-refractivity contribution < 1.29 is 25.8 Å². The van der Waals surface area contributed by atoms with Crippen molar-refractivity contribution in [3.05, 3.63) is 24.0 Å². The topological polar surface area (TPSA) is 56.3 Å². The van der Waals surface area contributed by atoms with E-state index in [2.05, 4.69) is 9.17 Å². The predicted octanol–water partition coefficient (Wildman–Crippen LogP) is 2.43. The minimum Gasteiger partial charge on any atom is -0.374 e. The average molecular weight is 269 g/mol. The van der Waals surface area contributed by atoms with E-state index in [1.54, 1.807) is 13.8 Å². The Morgan fingerprint density at radius 1 is 1.29 bits per heavy atom. The van der Waals surface area contributed by atoms with Crippen LogP contribution in [0.25, 0.3) is 0 Å². The Labute approximate surface area is 96.6 Å². The van der Waals surface area contributed by atoms with Crippen LogP contribution in [0, 0.1) is 0 Å². The first-order chi connectivity index (χ1) is 7.63. The Bertz CT molecular complexity index is 496. The smallest absolute Gasteiger partial charge is 0.374 e. The van der Waals surface area contributed by atoms with Gasteiger partial charge in [0.2, 0.25) is 0 Å². The summed E-state index contributed by atoms with van der Waals surface area (Å²) in [6.45, 7) is 3.58. The third-order valence-electron chi connectivity index (χ3n) is 1.89. The van der Waals surface area contributed by atoms with E-state index in [0.717, 1.165) is 6.20 Å². The molecule has 0 atom stereocenters. The summed E-state index contributed by atoms with van der Waals surface area (Å²) in [7, 11) is -5.63. The van der Waals surface area contributed by atoms with Gasteiger partial charge < -0.3 is 4.18 Å². The van der Waals surface area contributed by atoms with Crippen LogP contribution in [-0.2, 0) is 10.1 Å². The molecular formula is C9H10F3NO3S. The third kappa shape index (κ3) is 3.32. The highest BCUT2D eigenvalue weighted by Crippen LogP contribution is 2.27. The van der Waals surface area contributed by atoms with Crippen molar-refractivity contribution in [2.24, 2.45) is 0 Å². The zero-order chi connectivity index (χ0) is 13.3. The van der Waals surface area contributed by atoms with E-state index < -0.39 is 21.4 Å². The lowest BCUT2D eigenvalue weighted by molar-refractivity contribution is -0.0500. The molecular weight excluding hydrogens is 259 g/mol. The summed E-state index contributed by atoms with van der Waals surface area (Å²) in [5.41, 5.74) is -4.86. The minimum atomic E-state index is -5.63. The van der Waals surface area contributed by atoms with E-state index in [1.165, 1.54) is 12.3 Å². The molecule has 0 saturated heterocycles. The standard InChI is InChI=1S/C9H10F3NO3S/c1-6(2)7-3-8(5-13-4-7)16-17(14,15)9(10,11)12/h3-6H,1-2H3. The predicted molar refractivity (Wildman–Crippen MR) is 53.9 cm³/mol. The van der Waals surface area contributed by atoms with Gasteiger partial charge in [0, 0.05) is 6.20 Å². The third-order valence-corrected chi connectivity index (χ3v) is 2.87. The molecule has 0 aliphatic heterocycles. The van der Waals surface area contributed by atoms with Crippen molar-refractivity contribution in [2.75, 3.05) is 0 Å². The zero-order valence-corrected chi connectivity index (χ0v) is 9.84. The molecule has 0 aliphatic rings. The Hall–Kier alpha value is -1.31. The second-order valence-corrected chi connectivity index (χ2v) is 5.13. The molecule has 1 aromatic rings. The molecule has 0 N–H and O–H groups in total. The summed E-state index contributed by atoms with van der Waals surface area (Å²) in [6.07, 6.45) is 2.34. The molecule has 0 radical (unpaired) electrons. The van der Waals surface area contributed by atoms with Crippen LogP contribution in [-0.4, -0.2) is 18.9 Å². The van der Waals surface area contributed by atoms with Gasteiger partial charge in [0.1, 0.15) is 0 Å². The van der Waals surface area contributed by atoms with E-state index in [9.17, 15) is 21.6 Å². The van der Waals surface area contributed by atoms with Gasteiger partial charge in [-0.3, -0.25) is 4.98 Å². The molecule has 0 unspecified atom stereocenters. The number of alkyl halides is 3. The molecule has 96 valence electrons. The van der Waals surface area contributed by atoms with Gasteiger partial charge in [-0.05, 0) is 17.5 Å². The Morgan fingerprint density at radius 2 is 1.88 bits per heavy atom. The van der Waals surface area contributed by atoms with Crippen LogP contribution in [0.3, 0.4) is 0 Å². The molecule has 1 aromatic heterocycles. The maximum absolute atomic E-state index is 12.0. The summed E-state index contributed by atoms with van der Waals surface area (Å²) >= 11 is 0. The van der Waals surface area contributed by atoms with Gasteiger partial charge >= 0.3 is 15.6 Å². The van der Waals surface area contributed by atoms with Crippen LogP contribution in [0.5, 0.6) is 5.75 Å². The normalized spacial score (nSPS) is 12.8. The second-order valence-electron chi connectivity index (χ2n) is 3.59. The number of nitrogens with zero attached hydrogens (tertiary/aromatic N) is 1. The maximum atomic E-state index is 12.0. The van der Waals surface area contributed by atoms with Crippen molar-refractivity contribution in [3.8, 4) is 5.75 Å². The number of halogens is 3. The summed E-state index contributed by atoms with van der Waals surface area (Å²) in [5, 5.41) is 0. The molecule has 0 saturated carbocycles. The molecule has 4 nitrogen and oxygen atoms in total. The fourth-order valence-electron chi connectivity index (χ4n) is 0.971. The molecule has 0 fully saturated rings. The first-order valence-corrected chi connectivity index (χ1v) is 6.00. The lowest BCUT2D eigenvalue weighted by Crippen LogP contribution is -2.28. The number of rotatable bonds is 3. The maximum Gasteiger partial charge on any atom is 0.534 e. The molecule has 8 heteroatoms. The van der Waals surface area contributed by atoms with Gasteiger partial charge in [0.05, 0.1) is 6.20 Å². The zero-order valence-electron chi connectivity index (χ0n) is 9.02. The van der Waals surface area contributed by atoms with Crippen LogP contribution in [0.1, 0.15) is 25.3 Å². The van der Waals surface area contributed by atoms with Gasteiger partial charge in [0.15, 0.2) is 5.75 Å². The molecule has 0 bridgehead atoms. The van der Waals surface area contributed by atoms with Gasteiger partial charge in [0.25, 0.3) is 0 Å². The number of hydrogen-bond donors (Lipinski definition) is 0. The quantitative estimate of drug-likeness (QED) is 0.624. The Balaban J connectivity index is 3.01. The van der Waals surface area contributed by atoms with Crippen LogP contribution in [0.15, 0.2) is 18.5 Å². The van der Waals surface area contributed by atoms with Crippen molar-refractivity contribution in [2.45, 2.75) is 25.3 Å². The highest BCUT2D eigenvalue weighted by molar-refractivity contribution is 7.87. The lowest BCUT2D eigenvalue weighted by Gasteiger charge is -2.10. The van der Waals surface area contributed by atoms with Crippen molar-refractivity contribution in [3.63, 3.8) is 0 Å². The Kier molecular flexibility index (Phi) is 3.65. The number of hydrogen-bond acceptors (Lipinski definition) is 4. The van der Waals surface area contributed by atoms with Gasteiger partial charge in [-0.2, -0.15) is 21.6 Å². The van der Waals surface area contributed by atoms with E-state index in [1.807, 2.05) is 0 Å². The second kappa shape index (κ2) is 4.52. The number of aromatic nitrogens is 1. The molecule has 17 heavy (non-hydrogen) atoms. The molecule has 1 rings (SSSR count). The van der Waals surface area contributed by atoms with E-state index >= 15 is 0 Å². The highest BCUT2D eigenvalue weighted by Gasteiger charge is 2.48. The fraction of sp³-hybridized carbons (Fsp3) is 0.444. The summed E-state index contributed by atoms with van der Waals surface area (Å²) in [4.78, 5) is 3.62. The SMILES string of the molecule is CC(C)c1cncc(OS(=O)(=O)C(F)(F)F)c1. The highest BCUT2D eigenvalue weighted by atomic mass is 32.2. The summed E-state index contributed by atoms with van der Waals surface area (Å²) in [5.74, 6) is -0.451. The summed E-state index contributed by atoms with van der Waals surface area (Å²) in [6, 6.07) is 1.21. The molecule has 0 amide bonds. The first kappa shape index (κ1) is 13.8. The first-order valence-electron chi connectivity index (χ1n) is 4.59. The largest absolute Gasteiger partial charge is 0.534 e. The number of pyridine rings is 1. The van der Waals surface area contributed by atoms with E-state index in [-0.39, 0.29) is 5.92 Å². The molecule has 0 aliphatic carbocycles. The van der Waals surface area contributed by atoms with Crippen LogP contribution in [0.2, 0.25) is 0 Å². The monoisotopic (exact) mass is 269 g/mol. The van der Waals surface area contributed by atoms with E-state index in [4.69, 9.17) is 0 Å². The van der Waals surface area contributed by atoms with E-state index in [0.29, 0.717) is 5.56 Å². The summed E-state index contributed by atoms with van der Waals surface area (Å²) < 4.78 is 61.5. The van der Waals surface area contributed by atoms with Crippen molar-refractivity contribution >= 4 is 10.1 Å². The van der Waals surface area contributed by atoms with Crippen molar-refractivity contribution in [1.29, 1.82) is 0 Å².